The lowest BCUT2D eigenvalue weighted by atomic mass is 10.1. The van der Waals surface area contributed by atoms with E-state index in [1.165, 1.54) is 0 Å². The number of anilines is 1. The summed E-state index contributed by atoms with van der Waals surface area (Å²) in [7, 11) is 0. The van der Waals surface area contributed by atoms with Crippen LogP contribution >= 0.6 is 23.2 Å². The first kappa shape index (κ1) is 16.9. The number of rotatable bonds is 8. The van der Waals surface area contributed by atoms with Crippen molar-refractivity contribution < 1.29 is 4.79 Å². The summed E-state index contributed by atoms with van der Waals surface area (Å²) in [5, 5.41) is 2.90. The molecule has 1 aromatic carbocycles. The molecule has 0 heterocycles. The number of carbonyl (C=O) groups is 1. The maximum Gasteiger partial charge on any atom is 0.228 e. The van der Waals surface area contributed by atoms with E-state index in [9.17, 15) is 4.79 Å². The van der Waals surface area contributed by atoms with Crippen molar-refractivity contribution >= 4 is 34.8 Å². The van der Waals surface area contributed by atoms with E-state index in [4.69, 9.17) is 23.2 Å². The van der Waals surface area contributed by atoms with E-state index in [1.54, 1.807) is 0 Å². The number of alkyl halides is 2. The summed E-state index contributed by atoms with van der Waals surface area (Å²) in [5.74, 6) is 1.12. The summed E-state index contributed by atoms with van der Waals surface area (Å²) < 4.78 is 0. The zero-order valence-corrected chi connectivity index (χ0v) is 13.9. The average Bonchev–Trinajstić information content (AvgIpc) is 3.00. The Balaban J connectivity index is 1.92. The van der Waals surface area contributed by atoms with Gasteiger partial charge in [0.1, 0.15) is 0 Å². The van der Waals surface area contributed by atoms with Gasteiger partial charge in [-0.05, 0) is 30.2 Å². The molecule has 118 valence electrons. The number of benzene rings is 1. The Bertz CT molecular complexity index is 546. The second-order valence-electron chi connectivity index (χ2n) is 5.05. The van der Waals surface area contributed by atoms with E-state index < -0.39 is 0 Å². The monoisotopic (exact) mass is 338 g/mol. The van der Waals surface area contributed by atoms with Crippen LogP contribution in [0.1, 0.15) is 12.0 Å². The summed E-state index contributed by atoms with van der Waals surface area (Å²) >= 11 is 11.6. The number of allylic oxidation sites excluding steroid dienone is 3. The molecule has 2 rings (SSSR count). The summed E-state index contributed by atoms with van der Waals surface area (Å²) in [6, 6.07) is 7.97. The zero-order valence-electron chi connectivity index (χ0n) is 12.4. The maximum atomic E-state index is 12.0. The normalized spacial score (nSPS) is 13.1. The number of hydrogen-bond acceptors (Lipinski definition) is 2. The third-order valence-electron chi connectivity index (χ3n) is 3.43. The number of nitrogens with zero attached hydrogens (tertiary/aromatic N) is 1. The highest BCUT2D eigenvalue weighted by molar-refractivity contribution is 6.18. The van der Waals surface area contributed by atoms with Crippen molar-refractivity contribution in [1.82, 2.24) is 5.32 Å². The van der Waals surface area contributed by atoms with Crippen LogP contribution in [-0.2, 0) is 11.2 Å². The van der Waals surface area contributed by atoms with Gasteiger partial charge in [0.05, 0.1) is 6.42 Å². The lowest BCUT2D eigenvalue weighted by Crippen LogP contribution is -2.27. The molecule has 0 saturated heterocycles. The summed E-state index contributed by atoms with van der Waals surface area (Å²) in [5.41, 5.74) is 2.95. The molecule has 1 N–H and O–H groups in total. The molecular formula is C17H20Cl2N2O. The highest BCUT2D eigenvalue weighted by atomic mass is 35.5. The quantitative estimate of drug-likeness (QED) is 0.736. The van der Waals surface area contributed by atoms with Crippen LogP contribution in [0.3, 0.4) is 0 Å². The van der Waals surface area contributed by atoms with Crippen molar-refractivity contribution in [3.63, 3.8) is 0 Å². The minimum atomic E-state index is 0.00363. The van der Waals surface area contributed by atoms with Gasteiger partial charge in [-0.3, -0.25) is 4.79 Å². The topological polar surface area (TPSA) is 32.3 Å². The lowest BCUT2D eigenvalue weighted by Gasteiger charge is -2.23. The first-order chi connectivity index (χ1) is 10.7. The van der Waals surface area contributed by atoms with Gasteiger partial charge in [-0.25, -0.2) is 0 Å². The van der Waals surface area contributed by atoms with Gasteiger partial charge in [0.2, 0.25) is 5.91 Å². The molecule has 0 aliphatic heterocycles. The largest absolute Gasteiger partial charge is 0.369 e. The van der Waals surface area contributed by atoms with Gasteiger partial charge in [-0.2, -0.15) is 0 Å². The van der Waals surface area contributed by atoms with Gasteiger partial charge < -0.3 is 10.2 Å². The van der Waals surface area contributed by atoms with E-state index in [1.807, 2.05) is 42.5 Å². The molecule has 1 aliphatic carbocycles. The average molecular weight is 339 g/mol. The Labute approximate surface area is 141 Å². The number of halogens is 2. The lowest BCUT2D eigenvalue weighted by molar-refractivity contribution is -0.119. The molecule has 5 heteroatoms. The predicted molar refractivity (Wildman–Crippen MR) is 93.8 cm³/mol. The highest BCUT2D eigenvalue weighted by Crippen LogP contribution is 2.16. The van der Waals surface area contributed by atoms with Crippen LogP contribution in [0.2, 0.25) is 0 Å². The fourth-order valence-corrected chi connectivity index (χ4v) is 2.75. The number of amides is 1. The summed E-state index contributed by atoms with van der Waals surface area (Å²) in [6.45, 7) is 1.52. The second-order valence-corrected chi connectivity index (χ2v) is 5.81. The van der Waals surface area contributed by atoms with Crippen molar-refractivity contribution in [1.29, 1.82) is 0 Å². The Morgan fingerprint density at radius 1 is 1.14 bits per heavy atom. The van der Waals surface area contributed by atoms with Crippen molar-refractivity contribution in [2.24, 2.45) is 0 Å². The smallest absolute Gasteiger partial charge is 0.228 e. The van der Waals surface area contributed by atoms with Gasteiger partial charge in [-0.15, -0.1) is 23.2 Å². The molecule has 0 spiro atoms. The van der Waals surface area contributed by atoms with Gasteiger partial charge in [0, 0.05) is 36.2 Å². The van der Waals surface area contributed by atoms with Gasteiger partial charge in [0.15, 0.2) is 0 Å². The van der Waals surface area contributed by atoms with E-state index in [0.29, 0.717) is 18.2 Å². The molecule has 0 radical (unpaired) electrons. The Morgan fingerprint density at radius 3 is 2.36 bits per heavy atom. The molecule has 1 amide bonds. The fourth-order valence-electron chi connectivity index (χ4n) is 2.34. The molecule has 22 heavy (non-hydrogen) atoms. The Kier molecular flexibility index (Phi) is 6.81. The fraction of sp³-hybridized carbons (Fsp3) is 0.353. The zero-order chi connectivity index (χ0) is 15.8. The second kappa shape index (κ2) is 8.86. The van der Waals surface area contributed by atoms with E-state index in [-0.39, 0.29) is 5.91 Å². The van der Waals surface area contributed by atoms with Crippen LogP contribution < -0.4 is 10.2 Å². The van der Waals surface area contributed by atoms with Crippen LogP contribution in [0.15, 0.2) is 48.2 Å². The Hall–Kier alpha value is -1.45. The molecular weight excluding hydrogens is 319 g/mol. The third-order valence-corrected chi connectivity index (χ3v) is 3.77. The number of nitrogens with one attached hydrogen (secondary N) is 1. The molecule has 0 saturated carbocycles. The maximum absolute atomic E-state index is 12.0. The van der Waals surface area contributed by atoms with Gasteiger partial charge >= 0.3 is 0 Å². The van der Waals surface area contributed by atoms with Gasteiger partial charge in [-0.1, -0.05) is 24.3 Å². The molecule has 0 aromatic heterocycles. The Morgan fingerprint density at radius 2 is 1.82 bits per heavy atom. The number of carbonyl (C=O) groups excluding carboxylic acids is 1. The van der Waals surface area contributed by atoms with Crippen molar-refractivity contribution in [2.75, 3.05) is 29.7 Å². The van der Waals surface area contributed by atoms with Crippen LogP contribution in [0.4, 0.5) is 5.69 Å². The number of hydrogen-bond donors (Lipinski definition) is 1. The minimum absolute atomic E-state index is 0.00363. The van der Waals surface area contributed by atoms with E-state index in [2.05, 4.69) is 10.2 Å². The van der Waals surface area contributed by atoms with Crippen LogP contribution in [0, 0.1) is 0 Å². The van der Waals surface area contributed by atoms with Crippen LogP contribution in [0.5, 0.6) is 0 Å². The van der Waals surface area contributed by atoms with Gasteiger partial charge in [0.25, 0.3) is 0 Å². The van der Waals surface area contributed by atoms with Crippen molar-refractivity contribution in [2.45, 2.75) is 12.8 Å². The summed E-state index contributed by atoms with van der Waals surface area (Å²) in [4.78, 5) is 14.1. The van der Waals surface area contributed by atoms with E-state index in [0.717, 1.165) is 36.5 Å². The predicted octanol–water partition coefficient (Wildman–Crippen LogP) is 3.47. The highest BCUT2D eigenvalue weighted by Gasteiger charge is 2.08. The SMILES string of the molecule is O=C(Cc1ccc(N(CCCl)CCCl)cc1)NC1=CCC=C1. The molecule has 0 bridgehead atoms. The van der Waals surface area contributed by atoms with E-state index >= 15 is 0 Å². The molecule has 1 aliphatic rings. The third kappa shape index (κ3) is 5.08. The standard InChI is InChI=1S/C17H20Cl2N2O/c18-9-11-21(12-10-19)16-7-5-14(6-8-16)13-17(22)20-15-3-1-2-4-15/h1,3-8H,2,9-13H2,(H,20,22). The first-order valence-corrected chi connectivity index (χ1v) is 8.42. The van der Waals surface area contributed by atoms with Crippen LogP contribution in [0.25, 0.3) is 0 Å². The summed E-state index contributed by atoms with van der Waals surface area (Å²) in [6.07, 6.45) is 7.21. The molecule has 1 aromatic rings. The van der Waals surface area contributed by atoms with Crippen molar-refractivity contribution in [3.05, 3.63) is 53.8 Å². The van der Waals surface area contributed by atoms with Crippen molar-refractivity contribution in [3.8, 4) is 0 Å². The molecule has 0 atom stereocenters. The molecule has 0 unspecified atom stereocenters. The molecule has 0 fully saturated rings. The van der Waals surface area contributed by atoms with Crippen LogP contribution in [-0.4, -0.2) is 30.8 Å². The molecule has 3 nitrogen and oxygen atoms in total. The minimum Gasteiger partial charge on any atom is -0.369 e. The first-order valence-electron chi connectivity index (χ1n) is 7.35.